The summed E-state index contributed by atoms with van der Waals surface area (Å²) in [6, 6.07) is 12.4. The standard InChI is InChI=1S/C22H25N3O3/c1-5-15(3)23-20(26)13-24-19-11-7-6-10-17(19)21(27)25(22(24)28)18-12-8-9-14(2)16(18)4/h6-12,15H,5,13H2,1-4H3,(H,23,26). The number of carbonyl (C=O) groups is 1. The summed E-state index contributed by atoms with van der Waals surface area (Å²) >= 11 is 0. The zero-order valence-electron chi connectivity index (χ0n) is 16.7. The molecule has 1 unspecified atom stereocenters. The third-order valence-electron chi connectivity index (χ3n) is 5.19. The van der Waals surface area contributed by atoms with Gasteiger partial charge >= 0.3 is 5.69 Å². The van der Waals surface area contributed by atoms with Gasteiger partial charge in [-0.1, -0.05) is 31.2 Å². The van der Waals surface area contributed by atoms with E-state index < -0.39 is 5.69 Å². The first-order valence-electron chi connectivity index (χ1n) is 9.45. The van der Waals surface area contributed by atoms with Gasteiger partial charge in [0.25, 0.3) is 5.56 Å². The van der Waals surface area contributed by atoms with Crippen LogP contribution in [0.5, 0.6) is 0 Å². The number of nitrogens with one attached hydrogen (secondary N) is 1. The van der Waals surface area contributed by atoms with Crippen molar-refractivity contribution in [2.75, 3.05) is 0 Å². The topological polar surface area (TPSA) is 73.1 Å². The Hall–Kier alpha value is -3.15. The highest BCUT2D eigenvalue weighted by atomic mass is 16.2. The number of carbonyl (C=O) groups excluding carboxylic acids is 1. The average molecular weight is 379 g/mol. The Kier molecular flexibility index (Phi) is 5.49. The van der Waals surface area contributed by atoms with Crippen molar-refractivity contribution in [1.29, 1.82) is 0 Å². The number of para-hydroxylation sites is 1. The van der Waals surface area contributed by atoms with Crippen LogP contribution in [-0.4, -0.2) is 21.1 Å². The molecular formula is C22H25N3O3. The van der Waals surface area contributed by atoms with Crippen molar-refractivity contribution in [3.8, 4) is 5.69 Å². The number of benzene rings is 2. The molecule has 6 heteroatoms. The molecule has 3 aromatic rings. The molecule has 1 amide bonds. The van der Waals surface area contributed by atoms with E-state index in [4.69, 9.17) is 0 Å². The fourth-order valence-corrected chi connectivity index (χ4v) is 3.23. The van der Waals surface area contributed by atoms with E-state index in [1.807, 2.05) is 39.8 Å². The number of amides is 1. The second-order valence-electron chi connectivity index (χ2n) is 7.12. The predicted molar refractivity (Wildman–Crippen MR) is 111 cm³/mol. The molecule has 0 saturated heterocycles. The van der Waals surface area contributed by atoms with Crippen LogP contribution in [0.4, 0.5) is 0 Å². The predicted octanol–water partition coefficient (Wildman–Crippen LogP) is 2.68. The highest BCUT2D eigenvalue weighted by molar-refractivity contribution is 5.82. The Morgan fingerprint density at radius 3 is 2.50 bits per heavy atom. The van der Waals surface area contributed by atoms with E-state index in [9.17, 15) is 14.4 Å². The molecule has 6 nitrogen and oxygen atoms in total. The summed E-state index contributed by atoms with van der Waals surface area (Å²) in [5.41, 5.74) is 1.94. The zero-order chi connectivity index (χ0) is 20.4. The fourth-order valence-electron chi connectivity index (χ4n) is 3.23. The van der Waals surface area contributed by atoms with Crippen molar-refractivity contribution in [2.24, 2.45) is 0 Å². The molecule has 0 bridgehead atoms. The average Bonchev–Trinajstić information content (AvgIpc) is 2.68. The number of aryl methyl sites for hydroxylation is 1. The molecule has 1 N–H and O–H groups in total. The van der Waals surface area contributed by atoms with Gasteiger partial charge in [0.15, 0.2) is 0 Å². The second kappa shape index (κ2) is 7.84. The Bertz CT molecular complexity index is 1160. The molecule has 0 saturated carbocycles. The van der Waals surface area contributed by atoms with Gasteiger partial charge in [-0.2, -0.15) is 0 Å². The number of rotatable bonds is 5. The maximum atomic E-state index is 13.3. The van der Waals surface area contributed by atoms with Gasteiger partial charge in [0.2, 0.25) is 5.91 Å². The van der Waals surface area contributed by atoms with Crippen LogP contribution in [0.1, 0.15) is 31.4 Å². The van der Waals surface area contributed by atoms with Gasteiger partial charge in [-0.25, -0.2) is 9.36 Å². The van der Waals surface area contributed by atoms with Crippen LogP contribution >= 0.6 is 0 Å². The summed E-state index contributed by atoms with van der Waals surface area (Å²) in [4.78, 5) is 38.9. The summed E-state index contributed by atoms with van der Waals surface area (Å²) in [5.74, 6) is -0.257. The Labute approximate surface area is 163 Å². The number of nitrogens with zero attached hydrogens (tertiary/aromatic N) is 2. The minimum Gasteiger partial charge on any atom is -0.352 e. The molecule has 1 aromatic heterocycles. The Morgan fingerprint density at radius 2 is 1.79 bits per heavy atom. The van der Waals surface area contributed by atoms with Crippen molar-refractivity contribution >= 4 is 16.8 Å². The summed E-state index contributed by atoms with van der Waals surface area (Å²) in [7, 11) is 0. The molecule has 3 rings (SSSR count). The van der Waals surface area contributed by atoms with E-state index >= 15 is 0 Å². The van der Waals surface area contributed by atoms with Gasteiger partial charge in [-0.15, -0.1) is 0 Å². The molecule has 0 aliphatic carbocycles. The van der Waals surface area contributed by atoms with Crippen LogP contribution in [0.3, 0.4) is 0 Å². The zero-order valence-corrected chi connectivity index (χ0v) is 16.7. The number of fused-ring (bicyclic) bond motifs is 1. The minimum atomic E-state index is -0.517. The molecular weight excluding hydrogens is 354 g/mol. The van der Waals surface area contributed by atoms with E-state index in [1.54, 1.807) is 30.3 Å². The van der Waals surface area contributed by atoms with Crippen molar-refractivity contribution in [2.45, 2.75) is 46.7 Å². The van der Waals surface area contributed by atoms with E-state index in [-0.39, 0.29) is 24.1 Å². The van der Waals surface area contributed by atoms with Gasteiger partial charge in [0, 0.05) is 6.04 Å². The lowest BCUT2D eigenvalue weighted by molar-refractivity contribution is -0.122. The van der Waals surface area contributed by atoms with Gasteiger partial charge in [0.1, 0.15) is 6.54 Å². The van der Waals surface area contributed by atoms with Crippen molar-refractivity contribution in [3.63, 3.8) is 0 Å². The van der Waals surface area contributed by atoms with Crippen LogP contribution in [0.15, 0.2) is 52.1 Å². The SMILES string of the molecule is CCC(C)NC(=O)Cn1c(=O)n(-c2cccc(C)c2C)c(=O)c2ccccc21. The molecule has 0 radical (unpaired) electrons. The van der Waals surface area contributed by atoms with Crippen molar-refractivity contribution in [1.82, 2.24) is 14.5 Å². The van der Waals surface area contributed by atoms with Crippen LogP contribution < -0.4 is 16.6 Å². The van der Waals surface area contributed by atoms with Crippen molar-refractivity contribution in [3.05, 3.63) is 74.4 Å². The quantitative estimate of drug-likeness (QED) is 0.741. The van der Waals surface area contributed by atoms with E-state index in [0.717, 1.165) is 17.5 Å². The van der Waals surface area contributed by atoms with Gasteiger partial charge in [-0.05, 0) is 56.5 Å². The fraction of sp³-hybridized carbons (Fsp3) is 0.318. The lowest BCUT2D eigenvalue weighted by Crippen LogP contribution is -2.43. The first-order valence-corrected chi connectivity index (χ1v) is 9.45. The molecule has 28 heavy (non-hydrogen) atoms. The molecule has 0 aliphatic rings. The maximum absolute atomic E-state index is 13.3. The summed E-state index contributed by atoms with van der Waals surface area (Å²) in [6.45, 7) is 7.56. The lowest BCUT2D eigenvalue weighted by Gasteiger charge is -2.17. The summed E-state index contributed by atoms with van der Waals surface area (Å²) in [5, 5.41) is 3.28. The normalized spacial score (nSPS) is 12.1. The number of hydrogen-bond donors (Lipinski definition) is 1. The second-order valence-corrected chi connectivity index (χ2v) is 7.12. The molecule has 0 aliphatic heterocycles. The van der Waals surface area contributed by atoms with Crippen LogP contribution in [0.2, 0.25) is 0 Å². The third kappa shape index (κ3) is 3.50. The lowest BCUT2D eigenvalue weighted by atomic mass is 10.1. The first-order chi connectivity index (χ1) is 13.3. The van der Waals surface area contributed by atoms with Crippen molar-refractivity contribution < 1.29 is 4.79 Å². The van der Waals surface area contributed by atoms with Crippen LogP contribution in [-0.2, 0) is 11.3 Å². The van der Waals surface area contributed by atoms with E-state index in [1.165, 1.54) is 9.13 Å². The minimum absolute atomic E-state index is 0.0133. The molecule has 0 spiro atoms. The van der Waals surface area contributed by atoms with Crippen LogP contribution in [0.25, 0.3) is 16.6 Å². The Balaban J connectivity index is 2.27. The van der Waals surface area contributed by atoms with Gasteiger partial charge in [-0.3, -0.25) is 14.2 Å². The molecule has 2 aromatic carbocycles. The van der Waals surface area contributed by atoms with E-state index in [2.05, 4.69) is 5.32 Å². The molecule has 1 atom stereocenters. The largest absolute Gasteiger partial charge is 0.352 e. The monoisotopic (exact) mass is 379 g/mol. The van der Waals surface area contributed by atoms with Gasteiger partial charge < -0.3 is 5.32 Å². The summed E-state index contributed by atoms with van der Waals surface area (Å²) in [6.07, 6.45) is 0.795. The third-order valence-corrected chi connectivity index (χ3v) is 5.19. The van der Waals surface area contributed by atoms with E-state index in [0.29, 0.717) is 16.6 Å². The Morgan fingerprint density at radius 1 is 1.07 bits per heavy atom. The number of hydrogen-bond acceptors (Lipinski definition) is 3. The first kappa shape index (κ1) is 19.6. The molecule has 0 fully saturated rings. The van der Waals surface area contributed by atoms with Gasteiger partial charge in [0.05, 0.1) is 16.6 Å². The summed E-state index contributed by atoms with van der Waals surface area (Å²) < 4.78 is 2.54. The highest BCUT2D eigenvalue weighted by Gasteiger charge is 2.18. The smallest absolute Gasteiger partial charge is 0.336 e. The van der Waals surface area contributed by atoms with Crippen LogP contribution in [0, 0.1) is 13.8 Å². The maximum Gasteiger partial charge on any atom is 0.336 e. The number of aromatic nitrogens is 2. The molecule has 146 valence electrons. The molecule has 1 heterocycles. The highest BCUT2D eigenvalue weighted by Crippen LogP contribution is 2.16.